The quantitative estimate of drug-likeness (QED) is 0.800. The molecule has 1 atom stereocenters. The molecule has 1 aliphatic heterocycles. The fraction of sp³-hybridized carbons (Fsp3) is 0.364. The summed E-state index contributed by atoms with van der Waals surface area (Å²) in [6.07, 6.45) is -0.617. The highest BCUT2D eigenvalue weighted by molar-refractivity contribution is 5.80. The maximum absolute atomic E-state index is 12.3. The fourth-order valence-corrected chi connectivity index (χ4v) is 2.98. The van der Waals surface area contributed by atoms with E-state index in [4.69, 9.17) is 14.7 Å². The molecule has 28 heavy (non-hydrogen) atoms. The van der Waals surface area contributed by atoms with Crippen molar-refractivity contribution < 1.29 is 14.3 Å². The molecule has 6 heteroatoms. The number of rotatable bonds is 7. The van der Waals surface area contributed by atoms with E-state index in [1.54, 1.807) is 31.2 Å². The molecule has 1 amide bonds. The van der Waals surface area contributed by atoms with Gasteiger partial charge in [-0.05, 0) is 42.3 Å². The number of morpholine rings is 1. The van der Waals surface area contributed by atoms with Crippen molar-refractivity contribution in [3.05, 3.63) is 65.2 Å². The van der Waals surface area contributed by atoms with Gasteiger partial charge in [-0.3, -0.25) is 9.69 Å². The molecular formula is C22H25N3O3. The lowest BCUT2D eigenvalue weighted by atomic mass is 10.1. The highest BCUT2D eigenvalue weighted by atomic mass is 16.5. The maximum atomic E-state index is 12.3. The third-order valence-corrected chi connectivity index (χ3v) is 4.67. The molecule has 2 aromatic carbocycles. The number of carbonyl (C=O) groups is 1. The van der Waals surface area contributed by atoms with E-state index in [0.29, 0.717) is 17.9 Å². The lowest BCUT2D eigenvalue weighted by Crippen LogP contribution is -2.36. The predicted octanol–water partition coefficient (Wildman–Crippen LogP) is 2.47. The van der Waals surface area contributed by atoms with Crippen LogP contribution >= 0.6 is 0 Å². The summed E-state index contributed by atoms with van der Waals surface area (Å²) in [7, 11) is 0. The van der Waals surface area contributed by atoms with E-state index < -0.39 is 6.10 Å². The first kappa shape index (κ1) is 19.9. The molecule has 1 aliphatic rings. The minimum absolute atomic E-state index is 0.179. The van der Waals surface area contributed by atoms with Crippen LogP contribution in [0.4, 0.5) is 0 Å². The van der Waals surface area contributed by atoms with E-state index in [1.807, 2.05) is 12.1 Å². The fourth-order valence-electron chi connectivity index (χ4n) is 2.98. The summed E-state index contributed by atoms with van der Waals surface area (Å²) < 4.78 is 11.0. The van der Waals surface area contributed by atoms with Crippen molar-refractivity contribution >= 4 is 5.91 Å². The van der Waals surface area contributed by atoms with Crippen LogP contribution in [-0.4, -0.2) is 43.2 Å². The van der Waals surface area contributed by atoms with Crippen LogP contribution in [0.25, 0.3) is 0 Å². The van der Waals surface area contributed by atoms with E-state index in [9.17, 15) is 4.79 Å². The molecule has 6 nitrogen and oxygen atoms in total. The van der Waals surface area contributed by atoms with Crippen molar-refractivity contribution in [2.75, 3.05) is 26.3 Å². The zero-order valence-corrected chi connectivity index (χ0v) is 16.1. The lowest BCUT2D eigenvalue weighted by molar-refractivity contribution is -0.127. The molecule has 0 spiro atoms. The molecule has 1 N–H and O–H groups in total. The lowest BCUT2D eigenvalue weighted by Gasteiger charge is -2.26. The first-order valence-electron chi connectivity index (χ1n) is 9.46. The van der Waals surface area contributed by atoms with Crippen molar-refractivity contribution in [1.29, 1.82) is 5.26 Å². The molecule has 0 bridgehead atoms. The summed E-state index contributed by atoms with van der Waals surface area (Å²) in [4.78, 5) is 14.6. The Morgan fingerprint density at radius 1 is 1.14 bits per heavy atom. The second-order valence-corrected chi connectivity index (χ2v) is 6.82. The van der Waals surface area contributed by atoms with Gasteiger partial charge in [-0.2, -0.15) is 5.26 Å². The van der Waals surface area contributed by atoms with Crippen molar-refractivity contribution in [3.8, 4) is 11.8 Å². The number of nitrogens with one attached hydrogen (secondary N) is 1. The molecular weight excluding hydrogens is 354 g/mol. The van der Waals surface area contributed by atoms with Crippen molar-refractivity contribution in [2.45, 2.75) is 26.1 Å². The normalized spacial score (nSPS) is 15.4. The number of amides is 1. The van der Waals surface area contributed by atoms with Gasteiger partial charge in [-0.1, -0.05) is 24.3 Å². The maximum Gasteiger partial charge on any atom is 0.261 e. The number of benzene rings is 2. The van der Waals surface area contributed by atoms with Gasteiger partial charge in [0, 0.05) is 26.2 Å². The molecule has 3 rings (SSSR count). The topological polar surface area (TPSA) is 74.6 Å². The van der Waals surface area contributed by atoms with Crippen LogP contribution in [0.1, 0.15) is 23.6 Å². The van der Waals surface area contributed by atoms with Crippen molar-refractivity contribution in [3.63, 3.8) is 0 Å². The molecule has 1 saturated heterocycles. The molecule has 1 fully saturated rings. The van der Waals surface area contributed by atoms with Crippen LogP contribution in [0.3, 0.4) is 0 Å². The minimum atomic E-state index is -0.617. The number of hydrogen-bond donors (Lipinski definition) is 1. The summed E-state index contributed by atoms with van der Waals surface area (Å²) in [5.41, 5.74) is 2.86. The first-order valence-corrected chi connectivity index (χ1v) is 9.46. The summed E-state index contributed by atoms with van der Waals surface area (Å²) in [5, 5.41) is 11.7. The number of hydrogen-bond acceptors (Lipinski definition) is 5. The Bertz CT molecular complexity index is 806. The van der Waals surface area contributed by atoms with E-state index in [-0.39, 0.29) is 5.91 Å². The largest absolute Gasteiger partial charge is 0.481 e. The van der Waals surface area contributed by atoms with Gasteiger partial charge in [-0.25, -0.2) is 0 Å². The van der Waals surface area contributed by atoms with Gasteiger partial charge >= 0.3 is 0 Å². The van der Waals surface area contributed by atoms with E-state index in [2.05, 4.69) is 28.4 Å². The standard InChI is InChI=1S/C22H25N3O3/c1-17(28-21-8-6-18(14-23)7-9-21)22(26)24-15-19-2-4-20(5-3-19)16-25-10-12-27-13-11-25/h2-9,17H,10-13,15-16H2,1H3,(H,24,26). The zero-order chi connectivity index (χ0) is 19.8. The number of carbonyl (C=O) groups excluding carboxylic acids is 1. The Balaban J connectivity index is 1.44. The van der Waals surface area contributed by atoms with Gasteiger partial charge in [0.2, 0.25) is 0 Å². The minimum Gasteiger partial charge on any atom is -0.481 e. The third kappa shape index (κ3) is 5.81. The van der Waals surface area contributed by atoms with Gasteiger partial charge in [0.25, 0.3) is 5.91 Å². The second-order valence-electron chi connectivity index (χ2n) is 6.82. The molecule has 1 unspecified atom stereocenters. The average Bonchev–Trinajstić information content (AvgIpc) is 2.74. The zero-order valence-electron chi connectivity index (χ0n) is 16.1. The SMILES string of the molecule is CC(Oc1ccc(C#N)cc1)C(=O)NCc1ccc(CN2CCOCC2)cc1. The summed E-state index contributed by atoms with van der Waals surface area (Å²) in [5.74, 6) is 0.385. The smallest absolute Gasteiger partial charge is 0.261 e. The van der Waals surface area contributed by atoms with Crippen molar-refractivity contribution in [1.82, 2.24) is 10.2 Å². The molecule has 146 valence electrons. The Hall–Kier alpha value is -2.88. The second kappa shape index (κ2) is 9.88. The molecule has 0 saturated carbocycles. The summed E-state index contributed by atoms with van der Waals surface area (Å²) >= 11 is 0. The van der Waals surface area contributed by atoms with E-state index in [0.717, 1.165) is 38.4 Å². The number of ether oxygens (including phenoxy) is 2. The van der Waals surface area contributed by atoms with E-state index in [1.165, 1.54) is 5.56 Å². The van der Waals surface area contributed by atoms with Crippen LogP contribution < -0.4 is 10.1 Å². The molecule has 0 radical (unpaired) electrons. The molecule has 0 aliphatic carbocycles. The Labute approximate surface area is 165 Å². The Morgan fingerprint density at radius 2 is 1.79 bits per heavy atom. The Morgan fingerprint density at radius 3 is 2.43 bits per heavy atom. The molecule has 1 heterocycles. The predicted molar refractivity (Wildman–Crippen MR) is 106 cm³/mol. The van der Waals surface area contributed by atoms with Gasteiger partial charge in [-0.15, -0.1) is 0 Å². The van der Waals surface area contributed by atoms with Gasteiger partial charge in [0.05, 0.1) is 24.8 Å². The van der Waals surface area contributed by atoms with Crippen LogP contribution in [0.2, 0.25) is 0 Å². The highest BCUT2D eigenvalue weighted by Gasteiger charge is 2.14. The summed E-state index contributed by atoms with van der Waals surface area (Å²) in [6, 6.07) is 17.1. The monoisotopic (exact) mass is 379 g/mol. The number of nitrogens with zero attached hydrogens (tertiary/aromatic N) is 2. The molecule has 2 aromatic rings. The third-order valence-electron chi connectivity index (χ3n) is 4.67. The molecule has 0 aromatic heterocycles. The van der Waals surface area contributed by atoms with Gasteiger partial charge in [0.15, 0.2) is 6.10 Å². The van der Waals surface area contributed by atoms with Gasteiger partial charge in [0.1, 0.15) is 5.75 Å². The average molecular weight is 379 g/mol. The van der Waals surface area contributed by atoms with Crippen LogP contribution in [0, 0.1) is 11.3 Å². The van der Waals surface area contributed by atoms with Crippen molar-refractivity contribution in [2.24, 2.45) is 0 Å². The van der Waals surface area contributed by atoms with Gasteiger partial charge < -0.3 is 14.8 Å². The highest BCUT2D eigenvalue weighted by Crippen LogP contribution is 2.14. The summed E-state index contributed by atoms with van der Waals surface area (Å²) in [6.45, 7) is 6.62. The Kier molecular flexibility index (Phi) is 7.01. The van der Waals surface area contributed by atoms with Crippen LogP contribution in [0.15, 0.2) is 48.5 Å². The van der Waals surface area contributed by atoms with Crippen LogP contribution in [0.5, 0.6) is 5.75 Å². The van der Waals surface area contributed by atoms with E-state index >= 15 is 0 Å². The van der Waals surface area contributed by atoms with Crippen LogP contribution in [-0.2, 0) is 22.6 Å². The number of nitriles is 1. The first-order chi connectivity index (χ1) is 13.6.